The molecule has 5 rings (SSSR count). The van der Waals surface area contributed by atoms with Gasteiger partial charge >= 0.3 is 5.97 Å². The zero-order chi connectivity index (χ0) is 29.4. The molecule has 1 fully saturated rings. The van der Waals surface area contributed by atoms with Crippen molar-refractivity contribution in [1.82, 2.24) is 10.2 Å². The van der Waals surface area contributed by atoms with Crippen LogP contribution in [0.1, 0.15) is 22.6 Å². The molecule has 0 amide bonds. The summed E-state index contributed by atoms with van der Waals surface area (Å²) in [5.74, 6) is -0.890. The fourth-order valence-electron chi connectivity index (χ4n) is 6.48. The number of ketones is 1. The van der Waals surface area contributed by atoms with Crippen LogP contribution in [0.3, 0.4) is 0 Å². The molecule has 0 saturated heterocycles. The van der Waals surface area contributed by atoms with Crippen molar-refractivity contribution in [2.75, 3.05) is 55.6 Å². The van der Waals surface area contributed by atoms with E-state index in [0.29, 0.717) is 47.2 Å². The third-order valence-electron chi connectivity index (χ3n) is 8.20. The molecule has 3 aromatic carbocycles. The van der Waals surface area contributed by atoms with Crippen molar-refractivity contribution in [3.63, 3.8) is 0 Å². The normalized spacial score (nSPS) is 24.4. The highest BCUT2D eigenvalue weighted by Gasteiger charge is 2.78. The molecule has 0 unspecified atom stereocenters. The SMILES string of the molecule is COC(=O)[C@H]1C(=O)[C@@]2(NCCN(C)C)c3c(OC)cc(OC)cc3O[C@@]2(c2ccc(OC)cc2)[C@@H]1c1ccccc1. The molecular formula is C32H36N2O7. The second-order valence-electron chi connectivity index (χ2n) is 10.5. The standard InChI is InChI=1S/C32H36N2O7/c1-34(2)17-16-33-31-28-24(39-5)18-23(38-4)19-25(28)41-32(31,21-12-14-22(37-3)15-13-21)27(20-10-8-7-9-11-20)26(29(31)35)30(36)40-6/h7-15,18-19,26-27,33H,16-17H2,1-6H3/t26-,27-,31+,32+/m1/s1. The molecule has 1 saturated carbocycles. The van der Waals surface area contributed by atoms with Crippen LogP contribution in [0.2, 0.25) is 0 Å². The van der Waals surface area contributed by atoms with Gasteiger partial charge < -0.3 is 28.6 Å². The lowest BCUT2D eigenvalue weighted by Gasteiger charge is -2.43. The summed E-state index contributed by atoms with van der Waals surface area (Å²) in [6.07, 6.45) is 0. The highest BCUT2D eigenvalue weighted by atomic mass is 16.5. The van der Waals surface area contributed by atoms with Gasteiger partial charge in [-0.1, -0.05) is 42.5 Å². The topological polar surface area (TPSA) is 95.6 Å². The molecule has 0 bridgehead atoms. The predicted molar refractivity (Wildman–Crippen MR) is 153 cm³/mol. The minimum absolute atomic E-state index is 0.352. The van der Waals surface area contributed by atoms with Crippen molar-refractivity contribution >= 4 is 11.8 Å². The van der Waals surface area contributed by atoms with Crippen LogP contribution < -0.4 is 24.3 Å². The molecule has 2 aliphatic rings. The maximum Gasteiger partial charge on any atom is 0.317 e. The van der Waals surface area contributed by atoms with Crippen molar-refractivity contribution in [2.24, 2.45) is 5.92 Å². The maximum atomic E-state index is 15.1. The highest BCUT2D eigenvalue weighted by Crippen LogP contribution is 2.69. The zero-order valence-electron chi connectivity index (χ0n) is 24.2. The van der Waals surface area contributed by atoms with Gasteiger partial charge in [-0.3, -0.25) is 14.9 Å². The Morgan fingerprint density at radius 3 is 2.20 bits per heavy atom. The number of rotatable bonds is 10. The number of benzene rings is 3. The van der Waals surface area contributed by atoms with Gasteiger partial charge in [-0.2, -0.15) is 0 Å². The Balaban J connectivity index is 1.91. The van der Waals surface area contributed by atoms with Gasteiger partial charge in [0.25, 0.3) is 0 Å². The summed E-state index contributed by atoms with van der Waals surface area (Å²) in [6, 6.07) is 20.4. The van der Waals surface area contributed by atoms with Gasteiger partial charge in [0, 0.05) is 25.2 Å². The number of carbonyl (C=O) groups excluding carboxylic acids is 2. The molecule has 0 spiro atoms. The Morgan fingerprint density at radius 1 is 0.927 bits per heavy atom. The molecule has 3 aromatic rings. The van der Waals surface area contributed by atoms with Crippen LogP contribution in [0.15, 0.2) is 66.7 Å². The number of ether oxygens (including phenoxy) is 5. The van der Waals surface area contributed by atoms with Crippen molar-refractivity contribution in [3.05, 3.63) is 83.4 Å². The molecule has 216 valence electrons. The van der Waals surface area contributed by atoms with Crippen LogP contribution in [-0.2, 0) is 25.5 Å². The Kier molecular flexibility index (Phi) is 7.68. The highest BCUT2D eigenvalue weighted by molar-refractivity contribution is 6.10. The van der Waals surface area contributed by atoms with Crippen LogP contribution >= 0.6 is 0 Å². The lowest BCUT2D eigenvalue weighted by Crippen LogP contribution is -2.60. The molecule has 1 aliphatic carbocycles. The Morgan fingerprint density at radius 2 is 1.61 bits per heavy atom. The molecule has 1 aliphatic heterocycles. The van der Waals surface area contributed by atoms with Gasteiger partial charge in [-0.25, -0.2) is 0 Å². The number of likely N-dealkylation sites (N-methyl/N-ethyl adjacent to an activating group) is 1. The van der Waals surface area contributed by atoms with Crippen molar-refractivity contribution in [2.45, 2.75) is 17.1 Å². The maximum absolute atomic E-state index is 15.1. The summed E-state index contributed by atoms with van der Waals surface area (Å²) in [5, 5.41) is 3.61. The predicted octanol–water partition coefficient (Wildman–Crippen LogP) is 3.50. The summed E-state index contributed by atoms with van der Waals surface area (Å²) in [5.41, 5.74) is -0.953. The van der Waals surface area contributed by atoms with E-state index in [2.05, 4.69) is 5.32 Å². The van der Waals surface area contributed by atoms with E-state index in [0.717, 1.165) is 5.56 Å². The first-order valence-corrected chi connectivity index (χ1v) is 13.5. The van der Waals surface area contributed by atoms with E-state index >= 15 is 4.79 Å². The molecule has 9 heteroatoms. The number of esters is 1. The van der Waals surface area contributed by atoms with Gasteiger partial charge in [0.05, 0.1) is 39.9 Å². The van der Waals surface area contributed by atoms with Gasteiger partial charge in [0.2, 0.25) is 0 Å². The number of methoxy groups -OCH3 is 4. The smallest absolute Gasteiger partial charge is 0.317 e. The van der Waals surface area contributed by atoms with E-state index in [1.165, 1.54) is 7.11 Å². The average Bonchev–Trinajstić information content (AvgIpc) is 3.41. The molecular weight excluding hydrogens is 524 g/mol. The third kappa shape index (κ3) is 4.22. The molecule has 1 heterocycles. The Labute approximate surface area is 240 Å². The monoisotopic (exact) mass is 560 g/mol. The van der Waals surface area contributed by atoms with Crippen LogP contribution in [0.5, 0.6) is 23.0 Å². The first-order chi connectivity index (χ1) is 19.8. The molecule has 0 aromatic heterocycles. The van der Waals surface area contributed by atoms with Crippen molar-refractivity contribution in [3.8, 4) is 23.0 Å². The summed E-state index contributed by atoms with van der Waals surface area (Å²) in [6.45, 7) is 1.05. The van der Waals surface area contributed by atoms with Crippen molar-refractivity contribution in [1.29, 1.82) is 0 Å². The number of hydrogen-bond acceptors (Lipinski definition) is 9. The summed E-state index contributed by atoms with van der Waals surface area (Å²) < 4.78 is 29.3. The Bertz CT molecular complexity index is 1430. The quantitative estimate of drug-likeness (QED) is 0.295. The van der Waals surface area contributed by atoms with E-state index in [1.54, 1.807) is 33.5 Å². The minimum Gasteiger partial charge on any atom is -0.497 e. The van der Waals surface area contributed by atoms with Gasteiger partial charge in [-0.15, -0.1) is 0 Å². The fraction of sp³-hybridized carbons (Fsp3) is 0.375. The molecule has 0 radical (unpaired) electrons. The number of Topliss-reactive ketones (excluding diaryl/α,β-unsaturated/α-hetero) is 1. The molecule has 9 nitrogen and oxygen atoms in total. The van der Waals surface area contributed by atoms with Gasteiger partial charge in [0.15, 0.2) is 16.9 Å². The van der Waals surface area contributed by atoms with Crippen LogP contribution in [-0.4, -0.2) is 72.3 Å². The second-order valence-corrected chi connectivity index (χ2v) is 10.5. The largest absolute Gasteiger partial charge is 0.497 e. The third-order valence-corrected chi connectivity index (χ3v) is 8.20. The molecule has 4 atom stereocenters. The van der Waals surface area contributed by atoms with E-state index in [4.69, 9.17) is 23.7 Å². The minimum atomic E-state index is -1.52. The number of nitrogens with zero attached hydrogens (tertiary/aromatic N) is 1. The first kappa shape index (κ1) is 28.4. The zero-order valence-corrected chi connectivity index (χ0v) is 24.2. The van der Waals surface area contributed by atoms with E-state index in [-0.39, 0.29) is 5.78 Å². The van der Waals surface area contributed by atoms with E-state index in [1.807, 2.05) is 73.6 Å². The Hall–Kier alpha value is -4.08. The average molecular weight is 561 g/mol. The lowest BCUT2D eigenvalue weighted by atomic mass is 9.68. The fourth-order valence-corrected chi connectivity index (χ4v) is 6.48. The molecule has 1 N–H and O–H groups in total. The van der Waals surface area contributed by atoms with Gasteiger partial charge in [0.1, 0.15) is 28.9 Å². The van der Waals surface area contributed by atoms with Crippen molar-refractivity contribution < 1.29 is 33.3 Å². The first-order valence-electron chi connectivity index (χ1n) is 13.5. The van der Waals surface area contributed by atoms with Gasteiger partial charge in [-0.05, 0) is 37.4 Å². The van der Waals surface area contributed by atoms with E-state index in [9.17, 15) is 4.79 Å². The van der Waals surface area contributed by atoms with Crippen LogP contribution in [0, 0.1) is 5.92 Å². The van der Waals surface area contributed by atoms with Crippen LogP contribution in [0.25, 0.3) is 0 Å². The number of hydrogen-bond donors (Lipinski definition) is 1. The van der Waals surface area contributed by atoms with Crippen LogP contribution in [0.4, 0.5) is 0 Å². The summed E-state index contributed by atoms with van der Waals surface area (Å²) >= 11 is 0. The number of carbonyl (C=O) groups is 2. The second kappa shape index (κ2) is 11.1. The summed E-state index contributed by atoms with van der Waals surface area (Å²) in [7, 11) is 9.92. The summed E-state index contributed by atoms with van der Waals surface area (Å²) in [4.78, 5) is 30.7. The molecule has 41 heavy (non-hydrogen) atoms. The number of fused-ring (bicyclic) bond motifs is 3. The lowest BCUT2D eigenvalue weighted by molar-refractivity contribution is -0.149. The van der Waals surface area contributed by atoms with E-state index < -0.39 is 28.9 Å². The number of nitrogens with one attached hydrogen (secondary N) is 1.